The van der Waals surface area contributed by atoms with Crippen molar-refractivity contribution in [2.45, 2.75) is 4.90 Å². The highest BCUT2D eigenvalue weighted by atomic mass is 35.5. The first-order valence-corrected chi connectivity index (χ1v) is 10.6. The molecule has 0 radical (unpaired) electrons. The van der Waals surface area contributed by atoms with Gasteiger partial charge in [0.1, 0.15) is 4.90 Å². The van der Waals surface area contributed by atoms with Crippen LogP contribution >= 0.6 is 35.0 Å². The van der Waals surface area contributed by atoms with Crippen molar-refractivity contribution in [2.24, 2.45) is 0 Å². The van der Waals surface area contributed by atoms with Crippen molar-refractivity contribution >= 4 is 50.9 Å². The molecule has 1 aromatic carbocycles. The zero-order valence-electron chi connectivity index (χ0n) is 12.8. The van der Waals surface area contributed by atoms with Crippen LogP contribution in [0.1, 0.15) is 0 Å². The van der Waals surface area contributed by atoms with Gasteiger partial charge in [0.05, 0.1) is 22.4 Å². The summed E-state index contributed by atoms with van der Waals surface area (Å²) < 4.78 is 26.7. The molecule has 10 heteroatoms. The molecule has 0 bridgehead atoms. The quantitative estimate of drug-likeness (QED) is 0.717. The Morgan fingerprint density at radius 2 is 1.88 bits per heavy atom. The molecule has 6 nitrogen and oxygen atoms in total. The number of nitrogens with zero attached hydrogens (tertiary/aromatic N) is 2. The Hall–Kier alpha value is -0.510. The summed E-state index contributed by atoms with van der Waals surface area (Å²) in [5.74, 6) is 0.743. The summed E-state index contributed by atoms with van der Waals surface area (Å²) in [4.78, 5) is 13.6. The summed E-state index contributed by atoms with van der Waals surface area (Å²) in [5.41, 5.74) is 0. The first-order chi connectivity index (χ1) is 11.4. The Balaban J connectivity index is 2.01. The first kappa shape index (κ1) is 19.8. The van der Waals surface area contributed by atoms with Gasteiger partial charge in [0.25, 0.3) is 0 Å². The monoisotopic (exact) mass is 412 g/mol. The number of rotatable bonds is 6. The number of aliphatic hydroxyl groups is 1. The van der Waals surface area contributed by atoms with E-state index in [4.69, 9.17) is 28.3 Å². The van der Waals surface area contributed by atoms with Gasteiger partial charge in [0, 0.05) is 31.9 Å². The van der Waals surface area contributed by atoms with Gasteiger partial charge in [0.2, 0.25) is 15.9 Å². The minimum Gasteiger partial charge on any atom is -0.396 e. The molecule has 1 aliphatic heterocycles. The molecular formula is C14H18Cl2N2O4S2. The van der Waals surface area contributed by atoms with E-state index in [0.29, 0.717) is 18.8 Å². The zero-order valence-corrected chi connectivity index (χ0v) is 16.0. The minimum atomic E-state index is -3.74. The fraction of sp³-hybridized carbons (Fsp3) is 0.500. The molecule has 1 aromatic rings. The van der Waals surface area contributed by atoms with E-state index in [1.54, 1.807) is 11.0 Å². The van der Waals surface area contributed by atoms with Gasteiger partial charge in [-0.2, -0.15) is 4.31 Å². The molecule has 134 valence electrons. The smallest absolute Gasteiger partial charge is 0.244 e. The summed E-state index contributed by atoms with van der Waals surface area (Å²) >= 11 is 13.3. The van der Waals surface area contributed by atoms with Crippen LogP contribution < -0.4 is 0 Å². The van der Waals surface area contributed by atoms with Crippen molar-refractivity contribution in [2.75, 3.05) is 44.3 Å². The van der Waals surface area contributed by atoms with E-state index >= 15 is 0 Å². The Labute approximate surface area is 155 Å². The van der Waals surface area contributed by atoms with Crippen molar-refractivity contribution in [1.29, 1.82) is 0 Å². The molecule has 0 aromatic heterocycles. The van der Waals surface area contributed by atoms with Crippen LogP contribution in [0.3, 0.4) is 0 Å². The van der Waals surface area contributed by atoms with Gasteiger partial charge in [-0.25, -0.2) is 8.42 Å². The number of sulfonamides is 1. The number of hydrogen-bond acceptors (Lipinski definition) is 5. The number of carbonyl (C=O) groups is 1. The molecule has 0 unspecified atom stereocenters. The minimum absolute atomic E-state index is 0.0121. The first-order valence-electron chi connectivity index (χ1n) is 7.28. The summed E-state index contributed by atoms with van der Waals surface area (Å²) in [5, 5.41) is 8.92. The number of piperazine rings is 1. The predicted molar refractivity (Wildman–Crippen MR) is 96.2 cm³/mol. The molecule has 1 aliphatic rings. The molecule has 0 aliphatic carbocycles. The number of benzene rings is 1. The van der Waals surface area contributed by atoms with E-state index in [0.717, 1.165) is 0 Å². The summed E-state index contributed by atoms with van der Waals surface area (Å²) in [6, 6.07) is 4.50. The molecule has 0 spiro atoms. The molecular weight excluding hydrogens is 395 g/mol. The number of aliphatic hydroxyl groups excluding tert-OH is 1. The second-order valence-electron chi connectivity index (χ2n) is 5.11. The standard InChI is InChI=1S/C14H18Cl2N2O4S2/c15-11-2-1-3-12(14(11)16)24(21,22)18-6-4-17(5-7-18)13(20)10-23-9-8-19/h1-3,19H,4-10H2. The number of amides is 1. The van der Waals surface area contributed by atoms with Crippen LogP contribution in [0, 0.1) is 0 Å². The maximum atomic E-state index is 12.7. The lowest BCUT2D eigenvalue weighted by Gasteiger charge is -2.34. The third-order valence-corrected chi connectivity index (χ3v) is 7.38. The number of thioether (sulfide) groups is 1. The van der Waals surface area contributed by atoms with E-state index in [9.17, 15) is 13.2 Å². The van der Waals surface area contributed by atoms with Crippen LogP contribution in [0.5, 0.6) is 0 Å². The second kappa shape index (κ2) is 8.73. The lowest BCUT2D eigenvalue weighted by Crippen LogP contribution is -2.51. The van der Waals surface area contributed by atoms with E-state index in [1.165, 1.54) is 28.2 Å². The predicted octanol–water partition coefficient (Wildman–Crippen LogP) is 1.55. The normalized spacial score (nSPS) is 16.4. The van der Waals surface area contributed by atoms with Crippen LogP contribution in [0.15, 0.2) is 23.1 Å². The molecule has 0 atom stereocenters. The zero-order chi connectivity index (χ0) is 17.7. The maximum Gasteiger partial charge on any atom is 0.244 e. The fourth-order valence-electron chi connectivity index (χ4n) is 2.32. The van der Waals surface area contributed by atoms with Crippen molar-refractivity contribution in [3.63, 3.8) is 0 Å². The second-order valence-corrected chi connectivity index (χ2v) is 8.91. The third-order valence-electron chi connectivity index (χ3n) is 3.59. The SMILES string of the molecule is O=C(CSCCO)N1CCN(S(=O)(=O)c2cccc(Cl)c2Cl)CC1. The Kier molecular flexibility index (Phi) is 7.21. The Morgan fingerprint density at radius 1 is 1.21 bits per heavy atom. The van der Waals surface area contributed by atoms with Crippen molar-refractivity contribution in [3.05, 3.63) is 28.2 Å². The average molecular weight is 413 g/mol. The summed E-state index contributed by atoms with van der Waals surface area (Å²) in [7, 11) is -3.74. The molecule has 1 amide bonds. The van der Waals surface area contributed by atoms with Crippen molar-refractivity contribution in [3.8, 4) is 0 Å². The molecule has 1 N–H and O–H groups in total. The van der Waals surface area contributed by atoms with Gasteiger partial charge in [-0.1, -0.05) is 29.3 Å². The number of halogens is 2. The molecule has 2 rings (SSSR count). The number of hydrogen-bond donors (Lipinski definition) is 1. The van der Waals surface area contributed by atoms with Crippen LogP contribution in [-0.2, 0) is 14.8 Å². The van der Waals surface area contributed by atoms with Gasteiger partial charge in [-0.15, -0.1) is 11.8 Å². The molecule has 24 heavy (non-hydrogen) atoms. The fourth-order valence-corrected chi connectivity index (χ4v) is 5.10. The average Bonchev–Trinajstić information content (AvgIpc) is 2.57. The number of carbonyl (C=O) groups excluding carboxylic acids is 1. The topological polar surface area (TPSA) is 77.9 Å². The van der Waals surface area contributed by atoms with Gasteiger partial charge in [-0.3, -0.25) is 4.79 Å². The largest absolute Gasteiger partial charge is 0.396 e. The summed E-state index contributed by atoms with van der Waals surface area (Å²) in [6.45, 7) is 1.11. The highest BCUT2D eigenvalue weighted by molar-refractivity contribution is 7.99. The van der Waals surface area contributed by atoms with Crippen LogP contribution in [-0.4, -0.2) is 72.9 Å². The van der Waals surface area contributed by atoms with Gasteiger partial charge in [0.15, 0.2) is 0 Å². The highest BCUT2D eigenvalue weighted by Crippen LogP contribution is 2.31. The Bertz CT molecular complexity index is 692. The molecule has 0 saturated carbocycles. The van der Waals surface area contributed by atoms with Crippen LogP contribution in [0.4, 0.5) is 0 Å². The summed E-state index contributed by atoms with van der Waals surface area (Å²) in [6.07, 6.45) is 0. The van der Waals surface area contributed by atoms with E-state index in [1.807, 2.05) is 0 Å². The third kappa shape index (κ3) is 4.56. The Morgan fingerprint density at radius 3 is 2.50 bits per heavy atom. The lowest BCUT2D eigenvalue weighted by molar-refractivity contribution is -0.129. The lowest BCUT2D eigenvalue weighted by atomic mass is 10.3. The molecule has 1 saturated heterocycles. The molecule has 1 fully saturated rings. The van der Waals surface area contributed by atoms with Gasteiger partial charge in [-0.05, 0) is 12.1 Å². The van der Waals surface area contributed by atoms with Crippen LogP contribution in [0.2, 0.25) is 10.0 Å². The van der Waals surface area contributed by atoms with Gasteiger partial charge >= 0.3 is 0 Å². The van der Waals surface area contributed by atoms with Crippen LogP contribution in [0.25, 0.3) is 0 Å². The van der Waals surface area contributed by atoms with Crippen molar-refractivity contribution in [1.82, 2.24) is 9.21 Å². The van der Waals surface area contributed by atoms with E-state index in [2.05, 4.69) is 0 Å². The highest BCUT2D eigenvalue weighted by Gasteiger charge is 2.31. The van der Waals surface area contributed by atoms with Crippen molar-refractivity contribution < 1.29 is 18.3 Å². The molecule has 1 heterocycles. The maximum absolute atomic E-state index is 12.7. The van der Waals surface area contributed by atoms with Gasteiger partial charge < -0.3 is 10.0 Å². The van der Waals surface area contributed by atoms with E-state index < -0.39 is 10.0 Å². The van der Waals surface area contributed by atoms with E-state index in [-0.39, 0.29) is 46.3 Å².